The van der Waals surface area contributed by atoms with Gasteiger partial charge in [-0.15, -0.1) is 0 Å². The molecule has 1 aromatic heterocycles. The van der Waals surface area contributed by atoms with Crippen LogP contribution in [0.3, 0.4) is 0 Å². The van der Waals surface area contributed by atoms with Gasteiger partial charge < -0.3 is 10.2 Å². The zero-order valence-corrected chi connectivity index (χ0v) is 11.3. The van der Waals surface area contributed by atoms with E-state index in [1.807, 2.05) is 6.26 Å². The van der Waals surface area contributed by atoms with Crippen molar-refractivity contribution in [3.05, 3.63) is 23.7 Å². The van der Waals surface area contributed by atoms with E-state index in [0.29, 0.717) is 18.1 Å². The molecule has 0 spiro atoms. The van der Waals surface area contributed by atoms with Crippen LogP contribution in [0.1, 0.15) is 56.4 Å². The summed E-state index contributed by atoms with van der Waals surface area (Å²) in [7, 11) is 0. The Kier molecular flexibility index (Phi) is 3.44. The largest absolute Gasteiger partial charge is 0.469 e. The Hall–Kier alpha value is -0.800. The molecule has 100 valence electrons. The molecule has 1 fully saturated rings. The van der Waals surface area contributed by atoms with Crippen LogP contribution in [0.15, 0.2) is 16.7 Å². The minimum absolute atomic E-state index is 0.538. The monoisotopic (exact) mass is 248 g/mol. The summed E-state index contributed by atoms with van der Waals surface area (Å²) in [6.07, 6.45) is 9.34. The summed E-state index contributed by atoms with van der Waals surface area (Å²) in [4.78, 5) is 2.68. The van der Waals surface area contributed by atoms with Crippen LogP contribution in [0, 0.1) is 0 Å². The third-order valence-corrected chi connectivity index (χ3v) is 4.74. The number of hydrogen-bond acceptors (Lipinski definition) is 3. The highest BCUT2D eigenvalue weighted by Gasteiger charge is 2.36. The normalized spacial score (nSPS) is 33.3. The molecule has 2 heterocycles. The number of piperidine rings is 1. The van der Waals surface area contributed by atoms with Crippen molar-refractivity contribution >= 4 is 0 Å². The van der Waals surface area contributed by atoms with E-state index in [9.17, 15) is 0 Å². The number of rotatable bonds is 2. The second-order valence-electron chi connectivity index (χ2n) is 5.82. The number of hydrogen-bond donors (Lipinski definition) is 1. The van der Waals surface area contributed by atoms with E-state index in [-0.39, 0.29) is 0 Å². The summed E-state index contributed by atoms with van der Waals surface area (Å²) in [6, 6.07) is 3.92. The number of aryl methyl sites for hydroxylation is 1. The van der Waals surface area contributed by atoms with Crippen molar-refractivity contribution in [2.75, 3.05) is 6.54 Å². The fraction of sp³-hybridized carbons (Fsp3) is 0.733. The van der Waals surface area contributed by atoms with Crippen LogP contribution in [0.2, 0.25) is 0 Å². The average molecular weight is 248 g/mol. The molecule has 3 rings (SSSR count). The summed E-state index contributed by atoms with van der Waals surface area (Å²) in [5.74, 6) is 1.21. The maximum Gasteiger partial charge on any atom is 0.108 e. The van der Waals surface area contributed by atoms with Gasteiger partial charge in [0.2, 0.25) is 0 Å². The van der Waals surface area contributed by atoms with Crippen molar-refractivity contribution in [2.24, 2.45) is 5.73 Å². The van der Waals surface area contributed by atoms with Crippen LogP contribution >= 0.6 is 0 Å². The van der Waals surface area contributed by atoms with Gasteiger partial charge in [-0.2, -0.15) is 0 Å². The topological polar surface area (TPSA) is 42.4 Å². The Bertz CT molecular complexity index is 401. The molecule has 18 heavy (non-hydrogen) atoms. The lowest BCUT2D eigenvalue weighted by Gasteiger charge is -2.46. The van der Waals surface area contributed by atoms with Gasteiger partial charge in [0.1, 0.15) is 5.76 Å². The van der Waals surface area contributed by atoms with Gasteiger partial charge in [0, 0.05) is 36.7 Å². The van der Waals surface area contributed by atoms with Gasteiger partial charge in [-0.05, 0) is 38.7 Å². The molecular weight excluding hydrogens is 224 g/mol. The van der Waals surface area contributed by atoms with Crippen LogP contribution < -0.4 is 5.73 Å². The van der Waals surface area contributed by atoms with E-state index in [1.165, 1.54) is 43.4 Å². The summed E-state index contributed by atoms with van der Waals surface area (Å²) in [5.41, 5.74) is 7.42. The first-order valence-electron chi connectivity index (χ1n) is 7.35. The maximum absolute atomic E-state index is 5.99. The lowest BCUT2D eigenvalue weighted by atomic mass is 9.86. The zero-order chi connectivity index (χ0) is 12.5. The summed E-state index contributed by atoms with van der Waals surface area (Å²) in [5, 5.41) is 0. The minimum atomic E-state index is 0.538. The van der Waals surface area contributed by atoms with Crippen LogP contribution in [0.4, 0.5) is 0 Å². The second-order valence-corrected chi connectivity index (χ2v) is 5.82. The Morgan fingerprint density at radius 2 is 2.22 bits per heavy atom. The number of nitrogens with two attached hydrogens (primary N) is 1. The van der Waals surface area contributed by atoms with Crippen LogP contribution in [-0.2, 0) is 6.42 Å². The Balaban J connectivity index is 1.89. The molecular formula is C15H24N2O. The Labute approximate surface area is 109 Å². The predicted octanol–water partition coefficient (Wildman–Crippen LogP) is 2.86. The predicted molar refractivity (Wildman–Crippen MR) is 72.4 cm³/mol. The number of nitrogens with zero attached hydrogens (tertiary/aromatic N) is 1. The van der Waals surface area contributed by atoms with Gasteiger partial charge in [-0.1, -0.05) is 6.42 Å². The number of fused-ring (bicyclic) bond motifs is 1. The quantitative estimate of drug-likeness (QED) is 0.875. The molecule has 2 N–H and O–H groups in total. The molecule has 0 bridgehead atoms. The van der Waals surface area contributed by atoms with Gasteiger partial charge in [-0.3, -0.25) is 4.90 Å². The molecule has 0 radical (unpaired) electrons. The summed E-state index contributed by atoms with van der Waals surface area (Å²) in [6.45, 7) is 3.14. The van der Waals surface area contributed by atoms with Crippen LogP contribution in [0.5, 0.6) is 0 Å². The Morgan fingerprint density at radius 3 is 3.06 bits per heavy atom. The standard InChI is InChI=1S/C15H24N2O/c1-11-4-2-5-12(10-16)17(11)14-6-3-7-15-13(14)8-9-18-15/h8-9,11-12,14H,2-7,10,16H2,1H3. The smallest absolute Gasteiger partial charge is 0.108 e. The molecule has 0 amide bonds. The average Bonchev–Trinajstić information content (AvgIpc) is 2.86. The van der Waals surface area contributed by atoms with E-state index >= 15 is 0 Å². The van der Waals surface area contributed by atoms with E-state index < -0.39 is 0 Å². The lowest BCUT2D eigenvalue weighted by molar-refractivity contribution is 0.0402. The van der Waals surface area contributed by atoms with Crippen molar-refractivity contribution in [3.63, 3.8) is 0 Å². The first-order chi connectivity index (χ1) is 8.81. The SMILES string of the molecule is CC1CCCC(CN)N1C1CCCc2occc21. The molecule has 1 aliphatic carbocycles. The van der Waals surface area contributed by atoms with Crippen molar-refractivity contribution < 1.29 is 4.42 Å². The first-order valence-corrected chi connectivity index (χ1v) is 7.35. The van der Waals surface area contributed by atoms with Crippen LogP contribution in [-0.4, -0.2) is 23.5 Å². The lowest BCUT2D eigenvalue weighted by Crippen LogP contribution is -2.50. The van der Waals surface area contributed by atoms with Crippen molar-refractivity contribution in [1.29, 1.82) is 0 Å². The molecule has 1 saturated heterocycles. The maximum atomic E-state index is 5.99. The molecule has 3 atom stereocenters. The minimum Gasteiger partial charge on any atom is -0.469 e. The van der Waals surface area contributed by atoms with E-state index in [2.05, 4.69) is 17.9 Å². The van der Waals surface area contributed by atoms with Crippen LogP contribution in [0.25, 0.3) is 0 Å². The van der Waals surface area contributed by atoms with Gasteiger partial charge in [0.05, 0.1) is 6.26 Å². The van der Waals surface area contributed by atoms with Gasteiger partial charge in [-0.25, -0.2) is 0 Å². The molecule has 0 aromatic carbocycles. The third kappa shape index (κ3) is 1.99. The van der Waals surface area contributed by atoms with E-state index in [1.54, 1.807) is 0 Å². The number of furan rings is 1. The van der Waals surface area contributed by atoms with Crippen molar-refractivity contribution in [3.8, 4) is 0 Å². The molecule has 1 aromatic rings. The summed E-state index contributed by atoms with van der Waals surface area (Å²) < 4.78 is 5.62. The Morgan fingerprint density at radius 1 is 1.33 bits per heavy atom. The zero-order valence-electron chi connectivity index (χ0n) is 11.3. The molecule has 0 saturated carbocycles. The molecule has 3 nitrogen and oxygen atoms in total. The van der Waals surface area contributed by atoms with Gasteiger partial charge in [0.15, 0.2) is 0 Å². The van der Waals surface area contributed by atoms with E-state index in [0.717, 1.165) is 13.0 Å². The molecule has 3 heteroatoms. The summed E-state index contributed by atoms with van der Waals surface area (Å²) >= 11 is 0. The van der Waals surface area contributed by atoms with E-state index in [4.69, 9.17) is 10.2 Å². The molecule has 3 unspecified atom stereocenters. The highest BCUT2D eigenvalue weighted by Crippen LogP contribution is 2.40. The highest BCUT2D eigenvalue weighted by atomic mass is 16.3. The third-order valence-electron chi connectivity index (χ3n) is 4.74. The highest BCUT2D eigenvalue weighted by molar-refractivity contribution is 5.25. The fourth-order valence-electron chi connectivity index (χ4n) is 3.88. The molecule has 2 aliphatic rings. The second kappa shape index (κ2) is 5.06. The number of likely N-dealkylation sites (tertiary alicyclic amines) is 1. The first kappa shape index (κ1) is 12.2. The van der Waals surface area contributed by atoms with Crippen molar-refractivity contribution in [1.82, 2.24) is 4.90 Å². The fourth-order valence-corrected chi connectivity index (χ4v) is 3.88. The molecule has 1 aliphatic heterocycles. The van der Waals surface area contributed by atoms with Gasteiger partial charge >= 0.3 is 0 Å². The van der Waals surface area contributed by atoms with Crippen molar-refractivity contribution in [2.45, 2.75) is 63.6 Å². The van der Waals surface area contributed by atoms with Gasteiger partial charge in [0.25, 0.3) is 0 Å².